The van der Waals surface area contributed by atoms with Crippen molar-refractivity contribution in [3.63, 3.8) is 0 Å². The van der Waals surface area contributed by atoms with Gasteiger partial charge < -0.3 is 16.0 Å². The molecule has 1 aliphatic rings. The van der Waals surface area contributed by atoms with Crippen LogP contribution < -0.4 is 11.1 Å². The van der Waals surface area contributed by atoms with Crippen molar-refractivity contribution in [3.05, 3.63) is 29.3 Å². The minimum absolute atomic E-state index is 0. The molecular formula is C18H28ClN3O2. The Morgan fingerprint density at radius 2 is 1.92 bits per heavy atom. The number of likely N-dealkylation sites (tertiary alicyclic amines) is 1. The summed E-state index contributed by atoms with van der Waals surface area (Å²) in [7, 11) is 0. The van der Waals surface area contributed by atoms with Gasteiger partial charge in [-0.25, -0.2) is 0 Å². The number of carbonyl (C=O) groups excluding carboxylic acids is 2. The molecule has 2 amide bonds. The van der Waals surface area contributed by atoms with E-state index in [2.05, 4.69) is 5.32 Å². The second-order valence-electron chi connectivity index (χ2n) is 6.81. The predicted molar refractivity (Wildman–Crippen MR) is 99.6 cm³/mol. The summed E-state index contributed by atoms with van der Waals surface area (Å²) in [5, 5.41) is 2.91. The van der Waals surface area contributed by atoms with E-state index in [1.165, 1.54) is 0 Å². The van der Waals surface area contributed by atoms with E-state index < -0.39 is 0 Å². The van der Waals surface area contributed by atoms with E-state index in [0.29, 0.717) is 31.0 Å². The molecule has 0 spiro atoms. The maximum absolute atomic E-state index is 12.5. The van der Waals surface area contributed by atoms with Crippen molar-refractivity contribution in [2.45, 2.75) is 46.1 Å². The first-order valence-corrected chi connectivity index (χ1v) is 8.32. The Balaban J connectivity index is 0.00000288. The Morgan fingerprint density at radius 1 is 1.29 bits per heavy atom. The third-order valence-corrected chi connectivity index (χ3v) is 4.17. The van der Waals surface area contributed by atoms with Crippen molar-refractivity contribution in [2.24, 2.45) is 11.7 Å². The van der Waals surface area contributed by atoms with Gasteiger partial charge in [0.2, 0.25) is 5.91 Å². The van der Waals surface area contributed by atoms with Crippen LogP contribution in [0.1, 0.15) is 49.0 Å². The molecule has 0 saturated carbocycles. The summed E-state index contributed by atoms with van der Waals surface area (Å²) in [4.78, 5) is 26.3. The van der Waals surface area contributed by atoms with Gasteiger partial charge in [0.15, 0.2) is 0 Å². The zero-order chi connectivity index (χ0) is 17.0. The average Bonchev–Trinajstić information content (AvgIpc) is 2.48. The van der Waals surface area contributed by atoms with Gasteiger partial charge in [0.1, 0.15) is 0 Å². The SMILES string of the molecule is Cc1cc(C(=O)N2CCC(N)CC2)ccc1NC(=O)CC(C)C.Cl. The number of hydrogen-bond donors (Lipinski definition) is 2. The highest BCUT2D eigenvalue weighted by Crippen LogP contribution is 2.20. The van der Waals surface area contributed by atoms with E-state index >= 15 is 0 Å². The Bertz CT molecular complexity index is 582. The minimum Gasteiger partial charge on any atom is -0.339 e. The fourth-order valence-electron chi connectivity index (χ4n) is 2.79. The van der Waals surface area contributed by atoms with Crippen LogP contribution in [0.2, 0.25) is 0 Å². The molecule has 24 heavy (non-hydrogen) atoms. The average molecular weight is 354 g/mol. The van der Waals surface area contributed by atoms with Crippen molar-refractivity contribution in [2.75, 3.05) is 18.4 Å². The number of nitrogens with zero attached hydrogens (tertiary/aromatic N) is 1. The van der Waals surface area contributed by atoms with Gasteiger partial charge in [-0.2, -0.15) is 0 Å². The first-order valence-electron chi connectivity index (χ1n) is 8.32. The first-order chi connectivity index (χ1) is 10.9. The summed E-state index contributed by atoms with van der Waals surface area (Å²) in [5.41, 5.74) is 8.22. The molecule has 1 aromatic rings. The molecule has 134 valence electrons. The molecule has 0 aliphatic carbocycles. The largest absolute Gasteiger partial charge is 0.339 e. The van der Waals surface area contributed by atoms with E-state index in [4.69, 9.17) is 5.73 Å². The number of benzene rings is 1. The summed E-state index contributed by atoms with van der Waals surface area (Å²) in [6.45, 7) is 7.36. The smallest absolute Gasteiger partial charge is 0.253 e. The highest BCUT2D eigenvalue weighted by Gasteiger charge is 2.22. The topological polar surface area (TPSA) is 75.4 Å². The molecule has 1 aliphatic heterocycles. The van der Waals surface area contributed by atoms with Crippen molar-refractivity contribution < 1.29 is 9.59 Å². The number of nitrogens with one attached hydrogen (secondary N) is 1. The van der Waals surface area contributed by atoms with Gasteiger partial charge in [-0.1, -0.05) is 13.8 Å². The molecule has 0 aromatic heterocycles. The van der Waals surface area contributed by atoms with Gasteiger partial charge >= 0.3 is 0 Å². The van der Waals surface area contributed by atoms with E-state index in [1.807, 2.05) is 37.8 Å². The number of halogens is 1. The molecule has 3 N–H and O–H groups in total. The summed E-state index contributed by atoms with van der Waals surface area (Å²) in [5.74, 6) is 0.369. The molecule has 1 fully saturated rings. The molecule has 6 heteroatoms. The lowest BCUT2D eigenvalue weighted by Crippen LogP contribution is -2.42. The highest BCUT2D eigenvalue weighted by atomic mass is 35.5. The monoisotopic (exact) mass is 353 g/mol. The number of amides is 2. The van der Waals surface area contributed by atoms with E-state index in [9.17, 15) is 9.59 Å². The standard InChI is InChI=1S/C18H27N3O2.ClH/c1-12(2)10-17(22)20-16-5-4-14(11-13(16)3)18(23)21-8-6-15(19)7-9-21;/h4-5,11-12,15H,6-10,19H2,1-3H3,(H,20,22);1H. The van der Waals surface area contributed by atoms with Crippen molar-refractivity contribution in [1.29, 1.82) is 0 Å². The molecule has 0 bridgehead atoms. The molecule has 0 radical (unpaired) electrons. The second-order valence-corrected chi connectivity index (χ2v) is 6.81. The van der Waals surface area contributed by atoms with Crippen LogP contribution in [-0.2, 0) is 4.79 Å². The number of anilines is 1. The molecule has 1 heterocycles. The summed E-state index contributed by atoms with van der Waals surface area (Å²) < 4.78 is 0. The third-order valence-electron chi connectivity index (χ3n) is 4.17. The van der Waals surface area contributed by atoms with Gasteiger partial charge in [-0.15, -0.1) is 12.4 Å². The van der Waals surface area contributed by atoms with Crippen molar-refractivity contribution in [1.82, 2.24) is 4.90 Å². The van der Waals surface area contributed by atoms with Crippen LogP contribution >= 0.6 is 12.4 Å². The highest BCUT2D eigenvalue weighted by molar-refractivity contribution is 5.96. The van der Waals surface area contributed by atoms with Crippen LogP contribution in [-0.4, -0.2) is 35.8 Å². The quantitative estimate of drug-likeness (QED) is 0.873. The van der Waals surface area contributed by atoms with E-state index in [-0.39, 0.29) is 30.3 Å². The van der Waals surface area contributed by atoms with Gasteiger partial charge in [0, 0.05) is 36.8 Å². The van der Waals surface area contributed by atoms with Crippen LogP contribution in [0.3, 0.4) is 0 Å². The van der Waals surface area contributed by atoms with Gasteiger partial charge in [-0.3, -0.25) is 9.59 Å². The molecule has 2 rings (SSSR count). The van der Waals surface area contributed by atoms with Crippen LogP contribution in [0.15, 0.2) is 18.2 Å². The fourth-order valence-corrected chi connectivity index (χ4v) is 2.79. The van der Waals surface area contributed by atoms with Gasteiger partial charge in [-0.05, 0) is 49.4 Å². The molecule has 5 nitrogen and oxygen atoms in total. The molecule has 0 atom stereocenters. The Morgan fingerprint density at radius 3 is 2.46 bits per heavy atom. The third kappa shape index (κ3) is 5.49. The molecular weight excluding hydrogens is 326 g/mol. The normalized spacial score (nSPS) is 15.1. The lowest BCUT2D eigenvalue weighted by Gasteiger charge is -2.30. The lowest BCUT2D eigenvalue weighted by atomic mass is 10.0. The van der Waals surface area contributed by atoms with E-state index in [0.717, 1.165) is 24.1 Å². The maximum Gasteiger partial charge on any atom is 0.253 e. The number of piperidine rings is 1. The number of rotatable bonds is 4. The van der Waals surface area contributed by atoms with Crippen LogP contribution in [0.4, 0.5) is 5.69 Å². The minimum atomic E-state index is 0. The fraction of sp³-hybridized carbons (Fsp3) is 0.556. The van der Waals surface area contributed by atoms with Gasteiger partial charge in [0.05, 0.1) is 0 Å². The second kappa shape index (κ2) is 9.04. The lowest BCUT2D eigenvalue weighted by molar-refractivity contribution is -0.116. The molecule has 1 saturated heterocycles. The summed E-state index contributed by atoms with van der Waals surface area (Å²) in [6.07, 6.45) is 2.20. The molecule has 0 unspecified atom stereocenters. The number of aryl methyl sites for hydroxylation is 1. The maximum atomic E-state index is 12.5. The zero-order valence-corrected chi connectivity index (χ0v) is 15.5. The Kier molecular flexibility index (Phi) is 7.70. The predicted octanol–water partition coefficient (Wildman–Crippen LogP) is 2.96. The summed E-state index contributed by atoms with van der Waals surface area (Å²) >= 11 is 0. The first kappa shape index (κ1) is 20.5. The van der Waals surface area contributed by atoms with Crippen LogP contribution in [0.25, 0.3) is 0 Å². The summed E-state index contributed by atoms with van der Waals surface area (Å²) in [6, 6.07) is 5.66. The number of hydrogen-bond acceptors (Lipinski definition) is 3. The van der Waals surface area contributed by atoms with Crippen LogP contribution in [0, 0.1) is 12.8 Å². The van der Waals surface area contributed by atoms with Gasteiger partial charge in [0.25, 0.3) is 5.91 Å². The number of carbonyl (C=O) groups is 2. The van der Waals surface area contributed by atoms with Crippen molar-refractivity contribution >= 4 is 29.9 Å². The Labute approximate surface area is 150 Å². The zero-order valence-electron chi connectivity index (χ0n) is 14.7. The Hall–Kier alpha value is -1.59. The van der Waals surface area contributed by atoms with Crippen molar-refractivity contribution in [3.8, 4) is 0 Å². The number of nitrogens with two attached hydrogens (primary N) is 1. The molecule has 1 aromatic carbocycles. The van der Waals surface area contributed by atoms with Crippen LogP contribution in [0.5, 0.6) is 0 Å². The van der Waals surface area contributed by atoms with E-state index in [1.54, 1.807) is 6.07 Å².